The number of hydrogen-bond donors (Lipinski definition) is 0. The molecule has 1 aromatic heterocycles. The van der Waals surface area contributed by atoms with E-state index in [0.29, 0.717) is 0 Å². The van der Waals surface area contributed by atoms with Crippen LogP contribution in [-0.4, -0.2) is 0 Å². The molecular weight excluding hydrogens is 857 g/mol. The Balaban J connectivity index is 0.912. The number of furan rings is 1. The molecule has 0 radical (unpaired) electrons. The van der Waals surface area contributed by atoms with Crippen LogP contribution >= 0.6 is 11.8 Å². The molecule has 69 heavy (non-hydrogen) atoms. The summed E-state index contributed by atoms with van der Waals surface area (Å²) in [7, 11) is 0. The summed E-state index contributed by atoms with van der Waals surface area (Å²) in [5.41, 5.74) is 18.5. The number of benzene rings is 11. The monoisotopic (exact) mass is 900 g/mol. The number of rotatable bonds is 7. The second-order valence-corrected chi connectivity index (χ2v) is 19.9. The highest BCUT2D eigenvalue weighted by atomic mass is 32.2. The van der Waals surface area contributed by atoms with Gasteiger partial charge in [-0.1, -0.05) is 165 Å². The predicted molar refractivity (Wildman–Crippen MR) is 291 cm³/mol. The van der Waals surface area contributed by atoms with Crippen molar-refractivity contribution in [1.29, 1.82) is 0 Å². The van der Waals surface area contributed by atoms with Crippen LogP contribution in [0.4, 0.5) is 34.1 Å². The van der Waals surface area contributed by atoms with Crippen LogP contribution in [0, 0.1) is 0 Å². The van der Waals surface area contributed by atoms with Gasteiger partial charge in [0.05, 0.1) is 5.69 Å². The minimum atomic E-state index is -0.134. The zero-order valence-electron chi connectivity index (χ0n) is 38.2. The highest BCUT2D eigenvalue weighted by Crippen LogP contribution is 2.54. The molecule has 4 heteroatoms. The normalized spacial score (nSPS) is 13.1. The van der Waals surface area contributed by atoms with E-state index in [0.717, 1.165) is 56.1 Å². The van der Waals surface area contributed by atoms with Crippen molar-refractivity contribution < 1.29 is 4.42 Å². The Kier molecular flexibility index (Phi) is 8.87. The molecule has 0 bridgehead atoms. The predicted octanol–water partition coefficient (Wildman–Crippen LogP) is 18.9. The Morgan fingerprint density at radius 1 is 0.362 bits per heavy atom. The van der Waals surface area contributed by atoms with Crippen LogP contribution in [0.5, 0.6) is 0 Å². The standard InChI is InChI=1S/C65H44N2OS/c1-65(2)57-24-12-9-21-49(57)50-33-30-45(38-58(50)65)67(59-25-13-10-20-48(59)41-16-5-3-6-17-41)44-29-28-42-36-56-53-35-32-47(40-63(53)69-62-27-15-23-54(64(56)62)55(42)37-44)66(43-18-7-4-8-19-43)46-31-34-52-51-22-11-14-26-60(51)68-61(52)39-46/h3-40H,1-2H3. The van der Waals surface area contributed by atoms with Gasteiger partial charge in [-0.3, -0.25) is 0 Å². The van der Waals surface area contributed by atoms with Crippen LogP contribution in [0.2, 0.25) is 0 Å². The van der Waals surface area contributed by atoms with Crippen LogP contribution < -0.4 is 9.80 Å². The molecule has 0 fully saturated rings. The van der Waals surface area contributed by atoms with Crippen molar-refractivity contribution in [3.05, 3.63) is 242 Å². The molecule has 0 N–H and O–H groups in total. The van der Waals surface area contributed by atoms with Crippen LogP contribution in [0.15, 0.2) is 245 Å². The first-order valence-electron chi connectivity index (χ1n) is 23.7. The highest BCUT2D eigenvalue weighted by molar-refractivity contribution is 7.99. The summed E-state index contributed by atoms with van der Waals surface area (Å²) in [6.07, 6.45) is 0. The van der Waals surface area contributed by atoms with Gasteiger partial charge in [0, 0.05) is 71.4 Å². The van der Waals surface area contributed by atoms with Crippen LogP contribution in [-0.2, 0) is 5.41 Å². The average molecular weight is 901 g/mol. The third kappa shape index (κ3) is 6.22. The van der Waals surface area contributed by atoms with E-state index in [9.17, 15) is 0 Å². The van der Waals surface area contributed by atoms with E-state index in [2.05, 4.69) is 242 Å². The first-order chi connectivity index (χ1) is 34.0. The molecule has 0 atom stereocenters. The van der Waals surface area contributed by atoms with Gasteiger partial charge in [-0.2, -0.15) is 0 Å². The van der Waals surface area contributed by atoms with Gasteiger partial charge in [0.2, 0.25) is 0 Å². The second kappa shape index (κ2) is 15.4. The molecule has 12 aromatic rings. The number of hydrogen-bond acceptors (Lipinski definition) is 4. The van der Waals surface area contributed by atoms with Gasteiger partial charge in [-0.25, -0.2) is 0 Å². The van der Waals surface area contributed by atoms with Crippen LogP contribution in [0.3, 0.4) is 0 Å². The maximum absolute atomic E-state index is 6.40. The molecule has 14 rings (SSSR count). The second-order valence-electron chi connectivity index (χ2n) is 18.9. The number of anilines is 6. The van der Waals surface area contributed by atoms with E-state index >= 15 is 0 Å². The first-order valence-corrected chi connectivity index (χ1v) is 24.6. The molecule has 2 heterocycles. The Morgan fingerprint density at radius 2 is 1.00 bits per heavy atom. The molecular formula is C65H44N2OS. The summed E-state index contributed by atoms with van der Waals surface area (Å²) in [4.78, 5) is 7.32. The van der Waals surface area contributed by atoms with Gasteiger partial charge in [0.25, 0.3) is 0 Å². The number of nitrogens with zero attached hydrogens (tertiary/aromatic N) is 2. The summed E-state index contributed by atoms with van der Waals surface area (Å²) in [6.45, 7) is 4.73. The molecule has 0 amide bonds. The van der Waals surface area contributed by atoms with E-state index < -0.39 is 0 Å². The average Bonchev–Trinajstić information content (AvgIpc) is 3.88. The van der Waals surface area contributed by atoms with Crippen molar-refractivity contribution in [2.24, 2.45) is 0 Å². The van der Waals surface area contributed by atoms with Crippen molar-refractivity contribution in [2.75, 3.05) is 9.80 Å². The summed E-state index contributed by atoms with van der Waals surface area (Å²) in [6, 6.07) is 84.5. The van der Waals surface area contributed by atoms with Crippen LogP contribution in [0.25, 0.3) is 76.9 Å². The Morgan fingerprint density at radius 3 is 1.87 bits per heavy atom. The maximum Gasteiger partial charge on any atom is 0.137 e. The third-order valence-electron chi connectivity index (χ3n) is 14.6. The minimum absolute atomic E-state index is 0.134. The lowest BCUT2D eigenvalue weighted by Crippen LogP contribution is -2.16. The molecule has 11 aromatic carbocycles. The van der Waals surface area contributed by atoms with Gasteiger partial charge in [0.15, 0.2) is 0 Å². The molecule has 0 spiro atoms. The first kappa shape index (κ1) is 39.8. The molecule has 326 valence electrons. The molecule has 2 aliphatic rings. The Labute approximate surface area is 405 Å². The summed E-state index contributed by atoms with van der Waals surface area (Å²) in [5.74, 6) is 0. The van der Waals surface area contributed by atoms with E-state index in [1.165, 1.54) is 75.8 Å². The fraction of sp³-hybridized carbons (Fsp3) is 0.0462. The molecule has 0 unspecified atom stereocenters. The summed E-state index contributed by atoms with van der Waals surface area (Å²) in [5, 5.41) is 7.27. The zero-order chi connectivity index (χ0) is 45.8. The van der Waals surface area contributed by atoms with E-state index in [1.807, 2.05) is 23.9 Å². The van der Waals surface area contributed by atoms with Gasteiger partial charge >= 0.3 is 0 Å². The van der Waals surface area contributed by atoms with Crippen molar-refractivity contribution in [2.45, 2.75) is 29.1 Å². The lowest BCUT2D eigenvalue weighted by atomic mass is 9.82. The van der Waals surface area contributed by atoms with Gasteiger partial charge < -0.3 is 14.2 Å². The fourth-order valence-electron chi connectivity index (χ4n) is 11.3. The van der Waals surface area contributed by atoms with Crippen molar-refractivity contribution in [3.63, 3.8) is 0 Å². The van der Waals surface area contributed by atoms with Crippen LogP contribution in [0.1, 0.15) is 25.0 Å². The summed E-state index contributed by atoms with van der Waals surface area (Å²) < 4.78 is 6.40. The third-order valence-corrected chi connectivity index (χ3v) is 15.7. The quantitative estimate of drug-likeness (QED) is 0.148. The van der Waals surface area contributed by atoms with Gasteiger partial charge in [0.1, 0.15) is 11.2 Å². The minimum Gasteiger partial charge on any atom is -0.456 e. The van der Waals surface area contributed by atoms with Crippen molar-refractivity contribution >= 4 is 89.4 Å². The smallest absolute Gasteiger partial charge is 0.137 e. The van der Waals surface area contributed by atoms with E-state index in [4.69, 9.17) is 4.42 Å². The molecule has 1 aliphatic carbocycles. The highest BCUT2D eigenvalue weighted by Gasteiger charge is 2.36. The lowest BCUT2D eigenvalue weighted by Gasteiger charge is -2.30. The molecule has 3 nitrogen and oxygen atoms in total. The van der Waals surface area contributed by atoms with Crippen molar-refractivity contribution in [3.8, 4) is 33.4 Å². The SMILES string of the molecule is CC1(C)c2ccccc2-c2ccc(N(c3ccc4cc5c6c(cccc6c4c3)Sc3cc(N(c4ccccc4)c4ccc6c(c4)oc4ccccc46)ccc3-5)c3ccccc3-c3ccccc3)cc21. The maximum atomic E-state index is 6.40. The number of para-hydroxylation sites is 3. The fourth-order valence-corrected chi connectivity index (χ4v) is 12.5. The topological polar surface area (TPSA) is 19.6 Å². The molecule has 0 saturated heterocycles. The van der Waals surface area contributed by atoms with E-state index in [1.54, 1.807) is 0 Å². The number of fused-ring (bicyclic) bond motifs is 10. The Hall–Kier alpha value is -8.31. The van der Waals surface area contributed by atoms with Crippen molar-refractivity contribution in [1.82, 2.24) is 0 Å². The van der Waals surface area contributed by atoms with Gasteiger partial charge in [-0.15, -0.1) is 0 Å². The lowest BCUT2D eigenvalue weighted by molar-refractivity contribution is 0.660. The summed E-state index contributed by atoms with van der Waals surface area (Å²) >= 11 is 1.87. The Bertz CT molecular complexity index is 4040. The van der Waals surface area contributed by atoms with Gasteiger partial charge in [-0.05, 0) is 140 Å². The van der Waals surface area contributed by atoms with E-state index in [-0.39, 0.29) is 5.41 Å². The molecule has 1 aliphatic heterocycles. The molecule has 0 saturated carbocycles. The zero-order valence-corrected chi connectivity index (χ0v) is 39.0. The largest absolute Gasteiger partial charge is 0.456 e.